The van der Waals surface area contributed by atoms with Gasteiger partial charge in [0.2, 0.25) is 0 Å². The Morgan fingerprint density at radius 2 is 1.93 bits per heavy atom. The summed E-state index contributed by atoms with van der Waals surface area (Å²) in [6.07, 6.45) is 12.1. The summed E-state index contributed by atoms with van der Waals surface area (Å²) in [5.41, 5.74) is 1.35. The first-order valence-corrected chi connectivity index (χ1v) is 10.5. The van der Waals surface area contributed by atoms with Gasteiger partial charge in [-0.15, -0.1) is 0 Å². The van der Waals surface area contributed by atoms with E-state index in [9.17, 15) is 0 Å². The molecule has 2 aliphatic rings. The van der Waals surface area contributed by atoms with Gasteiger partial charge in [0.25, 0.3) is 0 Å². The number of hydrogen-bond acceptors (Lipinski definition) is 5. The van der Waals surface area contributed by atoms with Gasteiger partial charge >= 0.3 is 0 Å². The van der Waals surface area contributed by atoms with Crippen molar-refractivity contribution >= 4 is 0 Å². The van der Waals surface area contributed by atoms with Crippen LogP contribution in [-0.2, 0) is 6.54 Å². The molecular weight excluding hydrogens is 336 g/mol. The first kappa shape index (κ1) is 18.7. The Hall–Kier alpha value is -1.69. The molecule has 5 nitrogen and oxygen atoms in total. The van der Waals surface area contributed by atoms with Crippen LogP contribution in [0, 0.1) is 0 Å². The standard InChI is InChI=1S/C22H32N4O/c1-2-11-26(12-3-1)22(19-6-4-10-23-16-19)17-24-20-8-13-25(14-9-20)18-21-7-5-15-27-21/h4-7,10,15-16,20,22,24H,1-3,8-9,11-14,17-18H2. The lowest BCUT2D eigenvalue weighted by atomic mass is 10.0. The number of piperidine rings is 2. The van der Waals surface area contributed by atoms with Crippen LogP contribution >= 0.6 is 0 Å². The minimum Gasteiger partial charge on any atom is -0.468 e. The molecule has 27 heavy (non-hydrogen) atoms. The monoisotopic (exact) mass is 368 g/mol. The second kappa shape index (κ2) is 9.49. The van der Waals surface area contributed by atoms with Crippen LogP contribution in [0.4, 0.5) is 0 Å². The number of aromatic nitrogens is 1. The van der Waals surface area contributed by atoms with Crippen molar-refractivity contribution in [1.82, 2.24) is 20.1 Å². The number of likely N-dealkylation sites (tertiary alicyclic amines) is 2. The van der Waals surface area contributed by atoms with E-state index in [-0.39, 0.29) is 0 Å². The minimum absolute atomic E-state index is 0.445. The molecule has 0 amide bonds. The maximum Gasteiger partial charge on any atom is 0.117 e. The lowest BCUT2D eigenvalue weighted by Gasteiger charge is -2.37. The van der Waals surface area contributed by atoms with Gasteiger partial charge < -0.3 is 9.73 Å². The topological polar surface area (TPSA) is 44.5 Å². The molecule has 5 heteroatoms. The van der Waals surface area contributed by atoms with Crippen LogP contribution in [0.5, 0.6) is 0 Å². The van der Waals surface area contributed by atoms with Crippen molar-refractivity contribution in [1.29, 1.82) is 0 Å². The average Bonchev–Trinajstić information content (AvgIpc) is 3.24. The zero-order chi connectivity index (χ0) is 18.3. The Balaban J connectivity index is 1.29. The predicted octanol–water partition coefficient (Wildman–Crippen LogP) is 3.46. The first-order valence-electron chi connectivity index (χ1n) is 10.5. The van der Waals surface area contributed by atoms with Gasteiger partial charge in [0.1, 0.15) is 5.76 Å². The maximum atomic E-state index is 5.49. The summed E-state index contributed by atoms with van der Waals surface area (Å²) in [6, 6.07) is 9.41. The number of furan rings is 1. The first-order chi connectivity index (χ1) is 13.4. The van der Waals surface area contributed by atoms with E-state index >= 15 is 0 Å². The summed E-state index contributed by atoms with van der Waals surface area (Å²) in [5.74, 6) is 1.07. The second-order valence-electron chi connectivity index (χ2n) is 7.94. The molecule has 2 fully saturated rings. The third-order valence-electron chi connectivity index (χ3n) is 6.05. The molecule has 0 radical (unpaired) electrons. The zero-order valence-electron chi connectivity index (χ0n) is 16.2. The lowest BCUT2D eigenvalue weighted by molar-refractivity contribution is 0.143. The summed E-state index contributed by atoms with van der Waals surface area (Å²) in [7, 11) is 0. The van der Waals surface area contributed by atoms with Crippen molar-refractivity contribution < 1.29 is 4.42 Å². The van der Waals surface area contributed by atoms with Gasteiger partial charge in [0.05, 0.1) is 12.8 Å². The second-order valence-corrected chi connectivity index (χ2v) is 7.94. The molecule has 0 aromatic carbocycles. The third kappa shape index (κ3) is 5.18. The van der Waals surface area contributed by atoms with E-state index in [2.05, 4.69) is 38.3 Å². The van der Waals surface area contributed by atoms with E-state index in [4.69, 9.17) is 4.42 Å². The molecule has 2 saturated heterocycles. The van der Waals surface area contributed by atoms with Crippen LogP contribution < -0.4 is 5.32 Å². The number of nitrogens with one attached hydrogen (secondary N) is 1. The van der Waals surface area contributed by atoms with Crippen LogP contribution in [-0.4, -0.2) is 53.5 Å². The summed E-state index contributed by atoms with van der Waals surface area (Å²) in [5, 5.41) is 3.88. The maximum absolute atomic E-state index is 5.49. The Morgan fingerprint density at radius 1 is 1.07 bits per heavy atom. The Kier molecular flexibility index (Phi) is 6.56. The molecule has 146 valence electrons. The molecule has 0 spiro atoms. The van der Waals surface area contributed by atoms with E-state index in [1.807, 2.05) is 18.5 Å². The lowest BCUT2D eigenvalue weighted by Crippen LogP contribution is -2.46. The molecular formula is C22H32N4O. The fourth-order valence-corrected chi connectivity index (χ4v) is 4.46. The van der Waals surface area contributed by atoms with Crippen molar-refractivity contribution in [3.05, 3.63) is 54.2 Å². The SMILES string of the molecule is c1cncc(C(CNC2CCN(Cc3ccco3)CC2)N2CCCCC2)c1. The van der Waals surface area contributed by atoms with Crippen LogP contribution in [0.25, 0.3) is 0 Å². The molecule has 1 unspecified atom stereocenters. The van der Waals surface area contributed by atoms with Crippen LogP contribution in [0.3, 0.4) is 0 Å². The predicted molar refractivity (Wildman–Crippen MR) is 107 cm³/mol. The van der Waals surface area contributed by atoms with Gasteiger partial charge in [0.15, 0.2) is 0 Å². The van der Waals surface area contributed by atoms with Crippen molar-refractivity contribution in [2.75, 3.05) is 32.7 Å². The number of nitrogens with zero attached hydrogens (tertiary/aromatic N) is 3. The highest BCUT2D eigenvalue weighted by Crippen LogP contribution is 2.24. The molecule has 4 heterocycles. The summed E-state index contributed by atoms with van der Waals surface area (Å²) in [4.78, 5) is 9.52. The Morgan fingerprint density at radius 3 is 2.63 bits per heavy atom. The van der Waals surface area contributed by atoms with E-state index in [1.165, 1.54) is 50.8 Å². The van der Waals surface area contributed by atoms with Crippen LogP contribution in [0.15, 0.2) is 47.3 Å². The van der Waals surface area contributed by atoms with Crippen molar-refractivity contribution in [3.8, 4) is 0 Å². The molecule has 2 aliphatic heterocycles. The highest BCUT2D eigenvalue weighted by atomic mass is 16.3. The Bertz CT molecular complexity index is 646. The number of pyridine rings is 1. The molecule has 2 aromatic rings. The molecule has 0 bridgehead atoms. The highest BCUT2D eigenvalue weighted by molar-refractivity contribution is 5.15. The van der Waals surface area contributed by atoms with E-state index in [0.29, 0.717) is 12.1 Å². The van der Waals surface area contributed by atoms with Crippen LogP contribution in [0.1, 0.15) is 49.5 Å². The molecule has 0 saturated carbocycles. The molecule has 2 aromatic heterocycles. The quantitative estimate of drug-likeness (QED) is 0.811. The fourth-order valence-electron chi connectivity index (χ4n) is 4.46. The van der Waals surface area contributed by atoms with Crippen molar-refractivity contribution in [3.63, 3.8) is 0 Å². The third-order valence-corrected chi connectivity index (χ3v) is 6.05. The van der Waals surface area contributed by atoms with E-state index in [0.717, 1.165) is 31.9 Å². The molecule has 1 atom stereocenters. The summed E-state index contributed by atoms with van der Waals surface area (Å²) >= 11 is 0. The normalized spacial score (nSPS) is 21.3. The van der Waals surface area contributed by atoms with Gasteiger partial charge in [0, 0.05) is 44.1 Å². The van der Waals surface area contributed by atoms with Gasteiger partial charge in [-0.3, -0.25) is 14.8 Å². The van der Waals surface area contributed by atoms with Gasteiger partial charge in [-0.1, -0.05) is 12.5 Å². The van der Waals surface area contributed by atoms with Crippen molar-refractivity contribution in [2.45, 2.75) is 50.7 Å². The van der Waals surface area contributed by atoms with Gasteiger partial charge in [-0.25, -0.2) is 0 Å². The molecule has 4 rings (SSSR count). The smallest absolute Gasteiger partial charge is 0.117 e. The fraction of sp³-hybridized carbons (Fsp3) is 0.591. The van der Waals surface area contributed by atoms with Gasteiger partial charge in [-0.2, -0.15) is 0 Å². The minimum atomic E-state index is 0.445. The average molecular weight is 369 g/mol. The largest absolute Gasteiger partial charge is 0.468 e. The Labute approximate surface area is 162 Å². The summed E-state index contributed by atoms with van der Waals surface area (Å²) in [6.45, 7) is 6.66. The molecule has 1 N–H and O–H groups in total. The van der Waals surface area contributed by atoms with Crippen molar-refractivity contribution in [2.24, 2.45) is 0 Å². The number of rotatable bonds is 7. The van der Waals surface area contributed by atoms with Crippen LogP contribution in [0.2, 0.25) is 0 Å². The number of hydrogen-bond donors (Lipinski definition) is 1. The highest BCUT2D eigenvalue weighted by Gasteiger charge is 2.25. The van der Waals surface area contributed by atoms with E-state index in [1.54, 1.807) is 6.26 Å². The molecule has 0 aliphatic carbocycles. The summed E-state index contributed by atoms with van der Waals surface area (Å²) < 4.78 is 5.49. The zero-order valence-corrected chi connectivity index (χ0v) is 16.2. The van der Waals surface area contributed by atoms with Gasteiger partial charge in [-0.05, 0) is 62.5 Å². The van der Waals surface area contributed by atoms with E-state index < -0.39 is 0 Å².